The lowest BCUT2D eigenvalue weighted by Crippen LogP contribution is -2.30. The van der Waals surface area contributed by atoms with Gasteiger partial charge in [-0.25, -0.2) is 9.13 Å². The number of unbranched alkanes of at least 4 members (excludes halogenated alkanes) is 37. The summed E-state index contributed by atoms with van der Waals surface area (Å²) in [7, 11) is -9.91. The quantitative estimate of drug-likeness (QED) is 0.0222. The van der Waals surface area contributed by atoms with Crippen LogP contribution in [0.3, 0.4) is 0 Å². The molecule has 0 fully saturated rings. The molecule has 94 heavy (non-hydrogen) atoms. The molecule has 558 valence electrons. The van der Waals surface area contributed by atoms with Gasteiger partial charge in [0, 0.05) is 25.7 Å². The van der Waals surface area contributed by atoms with Crippen molar-refractivity contribution in [3.05, 3.63) is 0 Å². The van der Waals surface area contributed by atoms with Crippen molar-refractivity contribution in [3.63, 3.8) is 0 Å². The number of hydrogen-bond acceptors (Lipinski definition) is 15. The van der Waals surface area contributed by atoms with Gasteiger partial charge in [-0.1, -0.05) is 325 Å². The van der Waals surface area contributed by atoms with Gasteiger partial charge in [0.05, 0.1) is 26.4 Å². The third-order valence-electron chi connectivity index (χ3n) is 17.7. The van der Waals surface area contributed by atoms with E-state index in [4.69, 9.17) is 37.0 Å². The van der Waals surface area contributed by atoms with E-state index in [1.165, 1.54) is 173 Å². The van der Waals surface area contributed by atoms with Gasteiger partial charge in [-0.2, -0.15) is 0 Å². The molecule has 0 aromatic carbocycles. The highest BCUT2D eigenvalue weighted by molar-refractivity contribution is 7.47. The number of rotatable bonds is 72. The van der Waals surface area contributed by atoms with Crippen molar-refractivity contribution < 1.29 is 80.2 Å². The van der Waals surface area contributed by atoms with Crippen molar-refractivity contribution in [2.45, 2.75) is 395 Å². The van der Waals surface area contributed by atoms with Gasteiger partial charge in [-0.3, -0.25) is 37.3 Å². The second-order valence-corrected chi connectivity index (χ2v) is 31.6. The van der Waals surface area contributed by atoms with Crippen LogP contribution >= 0.6 is 15.6 Å². The zero-order chi connectivity index (χ0) is 69.6. The molecule has 17 nitrogen and oxygen atoms in total. The van der Waals surface area contributed by atoms with E-state index in [1.807, 2.05) is 0 Å². The Morgan fingerprint density at radius 2 is 0.511 bits per heavy atom. The third-order valence-corrected chi connectivity index (χ3v) is 19.6. The van der Waals surface area contributed by atoms with Crippen LogP contribution in [0.4, 0.5) is 0 Å². The fourth-order valence-corrected chi connectivity index (χ4v) is 12.9. The van der Waals surface area contributed by atoms with Crippen LogP contribution in [0.25, 0.3) is 0 Å². The summed E-state index contributed by atoms with van der Waals surface area (Å²) in [5, 5.41) is 10.6. The Labute approximate surface area is 575 Å². The molecule has 0 saturated heterocycles. The first-order chi connectivity index (χ1) is 45.1. The normalized spacial score (nSPS) is 14.4. The van der Waals surface area contributed by atoms with E-state index in [-0.39, 0.29) is 25.7 Å². The highest BCUT2D eigenvalue weighted by atomic mass is 31.2. The highest BCUT2D eigenvalue weighted by Crippen LogP contribution is 2.45. The molecule has 3 unspecified atom stereocenters. The van der Waals surface area contributed by atoms with E-state index in [1.54, 1.807) is 0 Å². The number of phosphoric ester groups is 2. The number of hydrogen-bond donors (Lipinski definition) is 3. The van der Waals surface area contributed by atoms with Crippen LogP contribution in [0.5, 0.6) is 0 Å². The topological polar surface area (TPSA) is 237 Å². The molecule has 19 heteroatoms. The molecule has 0 radical (unpaired) electrons. The minimum absolute atomic E-state index is 0.104. The lowest BCUT2D eigenvalue weighted by molar-refractivity contribution is -0.161. The van der Waals surface area contributed by atoms with Gasteiger partial charge < -0.3 is 33.8 Å². The molecule has 6 atom stereocenters. The number of carbonyl (C=O) groups is 4. The Kier molecular flexibility index (Phi) is 63.1. The highest BCUT2D eigenvalue weighted by Gasteiger charge is 2.30. The van der Waals surface area contributed by atoms with Crippen LogP contribution in [-0.4, -0.2) is 96.7 Å². The molecule has 0 aliphatic carbocycles. The molecule has 0 aromatic rings. The molecule has 3 N–H and O–H groups in total. The fraction of sp³-hybridized carbons (Fsp3) is 0.947. The van der Waals surface area contributed by atoms with E-state index in [2.05, 4.69) is 55.4 Å². The molecule has 0 aromatic heterocycles. The number of aliphatic hydroxyl groups is 1. The number of carbonyl (C=O) groups excluding carboxylic acids is 4. The van der Waals surface area contributed by atoms with Crippen LogP contribution < -0.4 is 0 Å². The smallest absolute Gasteiger partial charge is 0.462 e. The Bertz CT molecular complexity index is 1850. The van der Waals surface area contributed by atoms with E-state index in [0.29, 0.717) is 31.6 Å². The summed E-state index contributed by atoms with van der Waals surface area (Å²) in [6.07, 6.45) is 48.7. The van der Waals surface area contributed by atoms with Gasteiger partial charge in [0.25, 0.3) is 0 Å². The van der Waals surface area contributed by atoms with Crippen LogP contribution in [0.15, 0.2) is 0 Å². The van der Waals surface area contributed by atoms with Crippen LogP contribution in [-0.2, 0) is 65.4 Å². The van der Waals surface area contributed by atoms with Crippen molar-refractivity contribution in [2.24, 2.45) is 23.7 Å². The van der Waals surface area contributed by atoms with Gasteiger partial charge in [0.15, 0.2) is 12.2 Å². The fourth-order valence-electron chi connectivity index (χ4n) is 11.3. The van der Waals surface area contributed by atoms with E-state index >= 15 is 0 Å². The Hall–Kier alpha value is -1.94. The monoisotopic (exact) mass is 1380 g/mol. The maximum Gasteiger partial charge on any atom is 0.472 e. The van der Waals surface area contributed by atoms with Crippen molar-refractivity contribution >= 4 is 39.5 Å². The average molecular weight is 1380 g/mol. The molecular weight excluding hydrogens is 1230 g/mol. The first-order valence-electron chi connectivity index (χ1n) is 38.7. The third kappa shape index (κ3) is 67.3. The molecular formula is C75H146O17P2. The lowest BCUT2D eigenvalue weighted by Gasteiger charge is -2.21. The standard InChI is InChI=1S/C75H146O17P2/c1-9-68(8)54-46-38-29-25-26-32-42-50-58-75(80)92-71(62-86-73(78)56-48-40-34-33-37-45-53-67(6)7)64-90-94(83,84)88-60-69(76)59-87-93(81,82)89-63-70(61-85-72(77)55-47-39-30-23-20-16-18-22-28-36-44-52-66(4)5)91-74(79)57-49-41-31-24-19-15-13-11-10-12-14-17-21-27-35-43-51-65(2)3/h65-71,76H,9-64H2,1-8H3,(H,81,82)(H,83,84)/t68?,69-,70-,71-/m1/s1. The lowest BCUT2D eigenvalue weighted by atomic mass is 9.99. The predicted molar refractivity (Wildman–Crippen MR) is 381 cm³/mol. The van der Waals surface area contributed by atoms with Gasteiger partial charge in [0.2, 0.25) is 0 Å². The van der Waals surface area contributed by atoms with Gasteiger partial charge in [-0.15, -0.1) is 0 Å². The Morgan fingerprint density at radius 3 is 0.755 bits per heavy atom. The van der Waals surface area contributed by atoms with Crippen LogP contribution in [0.1, 0.15) is 376 Å². The first kappa shape index (κ1) is 92.1. The number of phosphoric acid groups is 2. The molecule has 0 bridgehead atoms. The van der Waals surface area contributed by atoms with Gasteiger partial charge >= 0.3 is 39.5 Å². The van der Waals surface area contributed by atoms with Crippen molar-refractivity contribution in [3.8, 4) is 0 Å². The molecule has 0 aliphatic heterocycles. The SMILES string of the molecule is CCC(C)CCCCCCCCCCC(=O)O[C@H](COC(=O)CCCCCCCCC(C)C)COP(=O)(O)OC[C@H](O)COP(=O)(O)OC[C@@H](COC(=O)CCCCCCCCCCCCCC(C)C)OC(=O)CCCCCCCCCCCCCCCCCCC(C)C. The predicted octanol–water partition coefficient (Wildman–Crippen LogP) is 21.7. The number of esters is 4. The second kappa shape index (κ2) is 64.4. The van der Waals surface area contributed by atoms with Crippen molar-refractivity contribution in [1.29, 1.82) is 0 Å². The maximum absolute atomic E-state index is 13.1. The molecule has 0 aliphatic rings. The van der Waals surface area contributed by atoms with Crippen molar-refractivity contribution in [1.82, 2.24) is 0 Å². The number of aliphatic hydroxyl groups excluding tert-OH is 1. The van der Waals surface area contributed by atoms with E-state index in [9.17, 15) is 43.2 Å². The van der Waals surface area contributed by atoms with Gasteiger partial charge in [-0.05, 0) is 49.4 Å². The first-order valence-corrected chi connectivity index (χ1v) is 41.7. The summed E-state index contributed by atoms with van der Waals surface area (Å²) < 4.78 is 68.4. The summed E-state index contributed by atoms with van der Waals surface area (Å²) in [6, 6.07) is 0. The molecule has 0 amide bonds. The molecule has 0 heterocycles. The minimum atomic E-state index is -4.96. The summed E-state index contributed by atoms with van der Waals surface area (Å²) >= 11 is 0. The largest absolute Gasteiger partial charge is 0.472 e. The summed E-state index contributed by atoms with van der Waals surface area (Å²) in [5.74, 6) is 0.904. The summed E-state index contributed by atoms with van der Waals surface area (Å²) in [5.41, 5.74) is 0. The Morgan fingerprint density at radius 1 is 0.298 bits per heavy atom. The number of ether oxygens (including phenoxy) is 4. The van der Waals surface area contributed by atoms with Crippen LogP contribution in [0, 0.1) is 23.7 Å². The Balaban J connectivity index is 5.23. The zero-order valence-corrected chi connectivity index (χ0v) is 63.4. The second-order valence-electron chi connectivity index (χ2n) is 28.7. The van der Waals surface area contributed by atoms with E-state index < -0.39 is 97.5 Å². The summed E-state index contributed by atoms with van der Waals surface area (Å²) in [6.45, 7) is 14.1. The zero-order valence-electron chi connectivity index (χ0n) is 61.6. The van der Waals surface area contributed by atoms with Crippen molar-refractivity contribution in [2.75, 3.05) is 39.6 Å². The van der Waals surface area contributed by atoms with Crippen LogP contribution in [0.2, 0.25) is 0 Å². The molecule has 0 spiro atoms. The summed E-state index contributed by atoms with van der Waals surface area (Å²) in [4.78, 5) is 72.7. The van der Waals surface area contributed by atoms with Gasteiger partial charge in [0.1, 0.15) is 19.3 Å². The maximum atomic E-state index is 13.1. The molecule has 0 rings (SSSR count). The minimum Gasteiger partial charge on any atom is -0.462 e. The van der Waals surface area contributed by atoms with E-state index in [0.717, 1.165) is 114 Å². The average Bonchev–Trinajstić information content (AvgIpc) is 1.74. The molecule has 0 saturated carbocycles.